The van der Waals surface area contributed by atoms with Crippen LogP contribution in [0.25, 0.3) is 0 Å². The minimum atomic E-state index is -4.20. The maximum Gasteiger partial charge on any atom is 0.389 e. The molecule has 0 atom stereocenters. The van der Waals surface area contributed by atoms with E-state index in [1.165, 1.54) is 6.26 Å². The maximum atomic E-state index is 11.4. The molecule has 0 aromatic rings. The smallest absolute Gasteiger partial charge is 0.287 e. The molecule has 0 N–H and O–H groups in total. The van der Waals surface area contributed by atoms with Crippen molar-refractivity contribution in [3.05, 3.63) is 0 Å². The summed E-state index contributed by atoms with van der Waals surface area (Å²) in [7, 11) is 0. The monoisotopic (exact) mass is 172 g/mol. The number of hydrogen-bond acceptors (Lipinski definition) is 2. The molecule has 0 aliphatic carbocycles. The van der Waals surface area contributed by atoms with E-state index in [1.54, 1.807) is 0 Å². The van der Waals surface area contributed by atoms with Gasteiger partial charge < -0.3 is 0 Å². The Kier molecular flexibility index (Phi) is 3.78. The van der Waals surface area contributed by atoms with E-state index in [1.807, 2.05) is 0 Å². The van der Waals surface area contributed by atoms with Crippen LogP contribution >= 0.6 is 11.8 Å². The molecule has 0 saturated heterocycles. The molecule has 60 valence electrons. The van der Waals surface area contributed by atoms with Gasteiger partial charge in [-0.2, -0.15) is 13.2 Å². The second-order valence-electron chi connectivity index (χ2n) is 1.69. The lowest BCUT2D eigenvalue weighted by Gasteiger charge is -2.02. The van der Waals surface area contributed by atoms with Crippen LogP contribution < -0.4 is 0 Å². The molecule has 0 heterocycles. The highest BCUT2D eigenvalue weighted by Crippen LogP contribution is 2.22. The van der Waals surface area contributed by atoms with Crippen LogP contribution in [0.3, 0.4) is 0 Å². The summed E-state index contributed by atoms with van der Waals surface area (Å²) in [6, 6.07) is 0. The third-order valence-electron chi connectivity index (χ3n) is 0.840. The number of hydrogen-bond donors (Lipinski definition) is 0. The van der Waals surface area contributed by atoms with E-state index < -0.39 is 24.1 Å². The fraction of sp³-hybridized carbons (Fsp3) is 0.800. The number of thioether (sulfide) groups is 1. The second kappa shape index (κ2) is 3.85. The van der Waals surface area contributed by atoms with Crippen molar-refractivity contribution in [2.45, 2.75) is 19.0 Å². The van der Waals surface area contributed by atoms with Crippen molar-refractivity contribution in [1.82, 2.24) is 0 Å². The van der Waals surface area contributed by atoms with Gasteiger partial charge in [0.2, 0.25) is 0 Å². The molecule has 0 aliphatic heterocycles. The number of carbonyl (C=O) groups is 1. The molecule has 0 aliphatic rings. The Morgan fingerprint density at radius 2 is 2.00 bits per heavy atom. The van der Waals surface area contributed by atoms with Gasteiger partial charge in [-0.3, -0.25) is 4.79 Å². The highest BCUT2D eigenvalue weighted by molar-refractivity contribution is 8.13. The Bertz CT molecular complexity index is 121. The largest absolute Gasteiger partial charge is 0.389 e. The fourth-order valence-electron chi connectivity index (χ4n) is 0.346. The van der Waals surface area contributed by atoms with Crippen LogP contribution in [0.1, 0.15) is 12.8 Å². The first-order valence-corrected chi connectivity index (χ1v) is 3.82. The molecule has 0 spiro atoms. The lowest BCUT2D eigenvalue weighted by Crippen LogP contribution is -2.08. The van der Waals surface area contributed by atoms with Crippen LogP contribution in [0.4, 0.5) is 13.2 Å². The summed E-state index contributed by atoms with van der Waals surface area (Å²) in [5.41, 5.74) is 0. The van der Waals surface area contributed by atoms with Gasteiger partial charge in [0.05, 0.1) is 6.42 Å². The van der Waals surface area contributed by atoms with Gasteiger partial charge in [-0.1, -0.05) is 11.8 Å². The molecule has 1 nitrogen and oxygen atoms in total. The molecular weight excluding hydrogens is 165 g/mol. The maximum absolute atomic E-state index is 11.4. The Morgan fingerprint density at radius 1 is 1.50 bits per heavy atom. The minimum absolute atomic E-state index is 0.412. The molecule has 0 amide bonds. The molecule has 0 aromatic heterocycles. The summed E-state index contributed by atoms with van der Waals surface area (Å²) in [4.78, 5) is 10.3. The lowest BCUT2D eigenvalue weighted by atomic mass is 10.3. The van der Waals surface area contributed by atoms with Gasteiger partial charge in [0.25, 0.3) is 0 Å². The average molecular weight is 172 g/mol. The summed E-state index contributed by atoms with van der Waals surface area (Å²) in [5.74, 6) is 0. The van der Waals surface area contributed by atoms with Gasteiger partial charge in [-0.05, 0) is 6.26 Å². The van der Waals surface area contributed by atoms with Crippen LogP contribution in [0.5, 0.6) is 0 Å². The topological polar surface area (TPSA) is 17.1 Å². The Labute approximate surface area is 61.0 Å². The van der Waals surface area contributed by atoms with Crippen molar-refractivity contribution < 1.29 is 18.0 Å². The number of alkyl halides is 3. The second-order valence-corrected chi connectivity index (χ2v) is 2.55. The quantitative estimate of drug-likeness (QED) is 0.635. The van der Waals surface area contributed by atoms with E-state index in [4.69, 9.17) is 0 Å². The fourth-order valence-corrected chi connectivity index (χ4v) is 0.652. The molecule has 10 heavy (non-hydrogen) atoms. The van der Waals surface area contributed by atoms with E-state index in [-0.39, 0.29) is 0 Å². The number of rotatable bonds is 2. The number of halogens is 3. The third-order valence-corrected chi connectivity index (χ3v) is 1.50. The van der Waals surface area contributed by atoms with Crippen LogP contribution in [-0.2, 0) is 4.79 Å². The first kappa shape index (κ1) is 9.81. The normalized spacial score (nSPS) is 11.6. The first-order valence-electron chi connectivity index (χ1n) is 2.59. The van der Waals surface area contributed by atoms with Gasteiger partial charge in [0.15, 0.2) is 5.12 Å². The van der Waals surface area contributed by atoms with E-state index in [0.29, 0.717) is 0 Å². The van der Waals surface area contributed by atoms with Crippen molar-refractivity contribution in [2.75, 3.05) is 6.26 Å². The first-order chi connectivity index (χ1) is 4.45. The molecule has 0 unspecified atom stereocenters. The van der Waals surface area contributed by atoms with Crippen LogP contribution in [-0.4, -0.2) is 17.5 Å². The third kappa shape index (κ3) is 5.94. The standard InChI is InChI=1S/C5H7F3OS/c1-10-4(9)2-3-5(6,7)8/h2-3H2,1H3. The average Bonchev–Trinajstić information content (AvgIpc) is 1.81. The van der Waals surface area contributed by atoms with E-state index in [2.05, 4.69) is 0 Å². The van der Waals surface area contributed by atoms with Gasteiger partial charge in [-0.15, -0.1) is 0 Å². The number of carbonyl (C=O) groups excluding carboxylic acids is 1. The predicted molar refractivity (Wildman–Crippen MR) is 33.8 cm³/mol. The molecule has 0 rings (SSSR count). The zero-order chi connectivity index (χ0) is 8.20. The van der Waals surface area contributed by atoms with Gasteiger partial charge >= 0.3 is 6.18 Å². The highest BCUT2D eigenvalue weighted by Gasteiger charge is 2.27. The van der Waals surface area contributed by atoms with Crippen molar-refractivity contribution in [1.29, 1.82) is 0 Å². The predicted octanol–water partition coefficient (Wildman–Crippen LogP) is 2.22. The molecule has 0 radical (unpaired) electrons. The molecular formula is C5H7F3OS. The van der Waals surface area contributed by atoms with Gasteiger partial charge in [0, 0.05) is 6.42 Å². The summed E-state index contributed by atoms with van der Waals surface area (Å²) in [5, 5.41) is -0.419. The molecule has 0 bridgehead atoms. The Balaban J connectivity index is 3.46. The molecule has 0 aromatic carbocycles. The summed E-state index contributed by atoms with van der Waals surface area (Å²) < 4.78 is 34.2. The zero-order valence-electron chi connectivity index (χ0n) is 5.36. The minimum Gasteiger partial charge on any atom is -0.287 e. The molecule has 5 heteroatoms. The van der Waals surface area contributed by atoms with Crippen molar-refractivity contribution in [2.24, 2.45) is 0 Å². The van der Waals surface area contributed by atoms with E-state index in [0.717, 1.165) is 11.8 Å². The summed E-state index contributed by atoms with van der Waals surface area (Å²) in [6.45, 7) is 0. The van der Waals surface area contributed by atoms with E-state index in [9.17, 15) is 18.0 Å². The lowest BCUT2D eigenvalue weighted by molar-refractivity contribution is -0.140. The van der Waals surface area contributed by atoms with Crippen molar-refractivity contribution in [3.8, 4) is 0 Å². The van der Waals surface area contributed by atoms with Crippen molar-refractivity contribution >= 4 is 16.9 Å². The van der Waals surface area contributed by atoms with Crippen molar-refractivity contribution in [3.63, 3.8) is 0 Å². The van der Waals surface area contributed by atoms with Gasteiger partial charge in [0.1, 0.15) is 0 Å². The van der Waals surface area contributed by atoms with E-state index >= 15 is 0 Å². The molecule has 0 fully saturated rings. The van der Waals surface area contributed by atoms with Crippen LogP contribution in [0.15, 0.2) is 0 Å². The highest BCUT2D eigenvalue weighted by atomic mass is 32.2. The summed E-state index contributed by atoms with van der Waals surface area (Å²) >= 11 is 0.827. The zero-order valence-corrected chi connectivity index (χ0v) is 6.18. The van der Waals surface area contributed by atoms with Crippen LogP contribution in [0, 0.1) is 0 Å². The molecule has 0 saturated carbocycles. The Hall–Kier alpha value is -0.190. The van der Waals surface area contributed by atoms with Gasteiger partial charge in [-0.25, -0.2) is 0 Å². The SMILES string of the molecule is CSC(=O)CCC(F)(F)F. The summed E-state index contributed by atoms with van der Waals surface area (Å²) in [6.07, 6.45) is -4.15. The Morgan fingerprint density at radius 3 is 2.30 bits per heavy atom. The van der Waals surface area contributed by atoms with Crippen LogP contribution in [0.2, 0.25) is 0 Å².